The van der Waals surface area contributed by atoms with E-state index in [0.29, 0.717) is 0 Å². The van der Waals surface area contributed by atoms with Gasteiger partial charge in [-0.2, -0.15) is 11.3 Å². The third-order valence-electron chi connectivity index (χ3n) is 3.79. The summed E-state index contributed by atoms with van der Waals surface area (Å²) in [4.78, 5) is 16.3. The van der Waals surface area contributed by atoms with Gasteiger partial charge in [0.1, 0.15) is 5.82 Å². The fourth-order valence-corrected chi connectivity index (χ4v) is 3.91. The number of hydrogen-bond donors (Lipinski definition) is 0. The van der Waals surface area contributed by atoms with Crippen molar-refractivity contribution >= 4 is 39.4 Å². The van der Waals surface area contributed by atoms with Crippen LogP contribution in [0.15, 0.2) is 46.5 Å². The molecule has 3 aromatic heterocycles. The smallest absolute Gasteiger partial charge is 0.162 e. The Hall–Kier alpha value is -2.31. The van der Waals surface area contributed by atoms with Crippen molar-refractivity contribution in [2.45, 2.75) is 13.5 Å². The lowest BCUT2D eigenvalue weighted by Gasteiger charge is -2.19. The quantitative estimate of drug-likeness (QED) is 0.531. The molecular formula is C18H16N4S2. The number of para-hydroxylation sites is 1. The summed E-state index contributed by atoms with van der Waals surface area (Å²) in [5.74, 6) is 1.71. The molecule has 4 aromatic rings. The van der Waals surface area contributed by atoms with Crippen LogP contribution >= 0.6 is 22.7 Å². The van der Waals surface area contributed by atoms with E-state index >= 15 is 0 Å². The molecule has 4 rings (SSSR count). The highest BCUT2D eigenvalue weighted by Crippen LogP contribution is 2.28. The van der Waals surface area contributed by atoms with Gasteiger partial charge in [-0.3, -0.25) is 0 Å². The molecular weight excluding hydrogens is 336 g/mol. The molecule has 6 heteroatoms. The van der Waals surface area contributed by atoms with Crippen LogP contribution in [0.25, 0.3) is 22.3 Å². The Kier molecular flexibility index (Phi) is 4.00. The fourth-order valence-electron chi connectivity index (χ4n) is 2.67. The van der Waals surface area contributed by atoms with Crippen LogP contribution in [0.1, 0.15) is 10.7 Å². The Morgan fingerprint density at radius 2 is 1.92 bits per heavy atom. The van der Waals surface area contributed by atoms with Crippen molar-refractivity contribution < 1.29 is 0 Å². The molecule has 0 aliphatic carbocycles. The maximum atomic E-state index is 4.84. The lowest BCUT2D eigenvalue weighted by molar-refractivity contribution is 0.874. The van der Waals surface area contributed by atoms with Crippen LogP contribution in [-0.4, -0.2) is 22.0 Å². The summed E-state index contributed by atoms with van der Waals surface area (Å²) in [6.45, 7) is 2.76. The van der Waals surface area contributed by atoms with E-state index in [1.807, 2.05) is 25.1 Å². The molecule has 0 N–H and O–H groups in total. The van der Waals surface area contributed by atoms with Crippen LogP contribution < -0.4 is 4.90 Å². The molecule has 0 bridgehead atoms. The molecule has 1 aromatic carbocycles. The monoisotopic (exact) mass is 352 g/mol. The zero-order valence-corrected chi connectivity index (χ0v) is 15.1. The first-order valence-corrected chi connectivity index (χ1v) is 9.44. The van der Waals surface area contributed by atoms with Gasteiger partial charge >= 0.3 is 0 Å². The Bertz CT molecular complexity index is 976. The van der Waals surface area contributed by atoms with E-state index < -0.39 is 0 Å². The molecule has 0 atom stereocenters. The van der Waals surface area contributed by atoms with E-state index in [9.17, 15) is 0 Å². The van der Waals surface area contributed by atoms with Gasteiger partial charge in [-0.25, -0.2) is 15.0 Å². The highest BCUT2D eigenvalue weighted by Gasteiger charge is 2.14. The molecule has 0 aliphatic heterocycles. The maximum absolute atomic E-state index is 4.84. The van der Waals surface area contributed by atoms with Crippen molar-refractivity contribution in [3.63, 3.8) is 0 Å². The topological polar surface area (TPSA) is 41.9 Å². The van der Waals surface area contributed by atoms with Crippen molar-refractivity contribution in [2.24, 2.45) is 0 Å². The molecule has 0 saturated carbocycles. The van der Waals surface area contributed by atoms with Crippen molar-refractivity contribution in [1.29, 1.82) is 0 Å². The number of hydrogen-bond acceptors (Lipinski definition) is 6. The molecule has 24 heavy (non-hydrogen) atoms. The standard InChI is InChI=1S/C18H16N4S2/c1-12-19-14(11-24-12)9-22(2)18-15-5-3-4-6-16(15)20-17(21-18)13-7-8-23-10-13/h3-8,10-11H,9H2,1-2H3. The highest BCUT2D eigenvalue weighted by atomic mass is 32.1. The molecule has 4 nitrogen and oxygen atoms in total. The van der Waals surface area contributed by atoms with Gasteiger partial charge in [-0.15, -0.1) is 11.3 Å². The van der Waals surface area contributed by atoms with Gasteiger partial charge in [0.25, 0.3) is 0 Å². The van der Waals surface area contributed by atoms with Gasteiger partial charge in [-0.05, 0) is 30.5 Å². The SMILES string of the molecule is Cc1nc(CN(C)c2nc(-c3ccsc3)nc3ccccc23)cs1. The predicted molar refractivity (Wildman–Crippen MR) is 102 cm³/mol. The van der Waals surface area contributed by atoms with E-state index in [1.165, 1.54) is 0 Å². The molecule has 0 amide bonds. The summed E-state index contributed by atoms with van der Waals surface area (Å²) >= 11 is 3.33. The van der Waals surface area contributed by atoms with E-state index in [0.717, 1.165) is 45.4 Å². The summed E-state index contributed by atoms with van der Waals surface area (Å²) in [7, 11) is 2.06. The van der Waals surface area contributed by atoms with Crippen molar-refractivity contribution in [1.82, 2.24) is 15.0 Å². The summed E-state index contributed by atoms with van der Waals surface area (Å²) in [6.07, 6.45) is 0. The fraction of sp³-hybridized carbons (Fsp3) is 0.167. The van der Waals surface area contributed by atoms with Crippen LogP contribution in [0, 0.1) is 6.92 Å². The average molecular weight is 352 g/mol. The van der Waals surface area contributed by atoms with Crippen LogP contribution in [0.2, 0.25) is 0 Å². The zero-order valence-electron chi connectivity index (χ0n) is 13.4. The molecule has 0 aliphatic rings. The summed E-state index contributed by atoms with van der Waals surface area (Å²) < 4.78 is 0. The van der Waals surface area contributed by atoms with Gasteiger partial charge < -0.3 is 4.90 Å². The lowest BCUT2D eigenvalue weighted by Crippen LogP contribution is -2.19. The molecule has 0 radical (unpaired) electrons. The predicted octanol–water partition coefficient (Wildman–Crippen LogP) is 4.76. The van der Waals surface area contributed by atoms with Gasteiger partial charge in [0.05, 0.1) is 22.8 Å². The number of thiazole rings is 1. The Morgan fingerprint density at radius 1 is 1.04 bits per heavy atom. The summed E-state index contributed by atoms with van der Waals surface area (Å²) in [5.41, 5.74) is 3.09. The zero-order chi connectivity index (χ0) is 16.5. The number of rotatable bonds is 4. The minimum atomic E-state index is 0.731. The molecule has 0 saturated heterocycles. The Labute approximate surface area is 148 Å². The number of thiophene rings is 1. The van der Waals surface area contributed by atoms with Crippen LogP contribution in [0.3, 0.4) is 0 Å². The lowest BCUT2D eigenvalue weighted by atomic mass is 10.2. The minimum Gasteiger partial charge on any atom is -0.353 e. The summed E-state index contributed by atoms with van der Waals surface area (Å²) in [5, 5.41) is 8.39. The first kappa shape index (κ1) is 15.2. The number of fused-ring (bicyclic) bond motifs is 1. The molecule has 3 heterocycles. The number of benzene rings is 1. The van der Waals surface area contributed by atoms with Gasteiger partial charge in [0.15, 0.2) is 5.82 Å². The second-order valence-electron chi connectivity index (χ2n) is 5.61. The molecule has 0 unspecified atom stereocenters. The first-order valence-electron chi connectivity index (χ1n) is 7.62. The van der Waals surface area contributed by atoms with Crippen molar-refractivity contribution in [3.05, 3.63) is 57.2 Å². The normalized spacial score (nSPS) is 11.1. The van der Waals surface area contributed by atoms with Gasteiger partial charge in [-0.1, -0.05) is 12.1 Å². The molecule has 0 spiro atoms. The van der Waals surface area contributed by atoms with Gasteiger partial charge in [0, 0.05) is 28.8 Å². The van der Waals surface area contributed by atoms with E-state index in [2.05, 4.69) is 45.2 Å². The van der Waals surface area contributed by atoms with E-state index in [1.54, 1.807) is 22.7 Å². The van der Waals surface area contributed by atoms with Crippen molar-refractivity contribution in [3.8, 4) is 11.4 Å². The Morgan fingerprint density at radius 3 is 2.67 bits per heavy atom. The Balaban J connectivity index is 1.80. The summed E-state index contributed by atoms with van der Waals surface area (Å²) in [6, 6.07) is 10.2. The maximum Gasteiger partial charge on any atom is 0.162 e. The second-order valence-corrected chi connectivity index (χ2v) is 7.46. The van der Waals surface area contributed by atoms with Crippen LogP contribution in [0.5, 0.6) is 0 Å². The third kappa shape index (κ3) is 2.90. The van der Waals surface area contributed by atoms with Crippen LogP contribution in [0.4, 0.5) is 5.82 Å². The number of anilines is 1. The molecule has 120 valence electrons. The third-order valence-corrected chi connectivity index (χ3v) is 5.30. The van der Waals surface area contributed by atoms with Crippen molar-refractivity contribution in [2.75, 3.05) is 11.9 Å². The molecule has 0 fully saturated rings. The highest BCUT2D eigenvalue weighted by molar-refractivity contribution is 7.09. The number of aryl methyl sites for hydroxylation is 1. The van der Waals surface area contributed by atoms with Crippen LogP contribution in [-0.2, 0) is 6.54 Å². The first-order chi connectivity index (χ1) is 11.7. The number of nitrogens with zero attached hydrogens (tertiary/aromatic N) is 4. The largest absolute Gasteiger partial charge is 0.353 e. The van der Waals surface area contributed by atoms with E-state index in [-0.39, 0.29) is 0 Å². The van der Waals surface area contributed by atoms with E-state index in [4.69, 9.17) is 9.97 Å². The van der Waals surface area contributed by atoms with Gasteiger partial charge in [0.2, 0.25) is 0 Å². The average Bonchev–Trinajstić information content (AvgIpc) is 3.25. The second kappa shape index (κ2) is 6.30. The number of aromatic nitrogens is 3. The minimum absolute atomic E-state index is 0.731.